The van der Waals surface area contributed by atoms with Crippen molar-refractivity contribution in [2.75, 3.05) is 6.54 Å². The summed E-state index contributed by atoms with van der Waals surface area (Å²) < 4.78 is 5.58. The van der Waals surface area contributed by atoms with E-state index in [1.54, 1.807) is 16.2 Å². The minimum absolute atomic E-state index is 0.0573. The van der Waals surface area contributed by atoms with Gasteiger partial charge in [-0.1, -0.05) is 30.3 Å². The summed E-state index contributed by atoms with van der Waals surface area (Å²) in [5.74, 6) is 0. The third-order valence-corrected chi connectivity index (χ3v) is 5.39. The van der Waals surface area contributed by atoms with E-state index in [1.165, 1.54) is 0 Å². The highest BCUT2D eigenvalue weighted by Crippen LogP contribution is 2.27. The molecule has 1 aliphatic heterocycles. The summed E-state index contributed by atoms with van der Waals surface area (Å²) in [6.07, 6.45) is 2.20. The highest BCUT2D eigenvalue weighted by molar-refractivity contribution is 7.13. The van der Waals surface area contributed by atoms with Gasteiger partial charge in [0.25, 0.3) is 0 Å². The third kappa shape index (κ3) is 4.62. The number of nitrogens with zero attached hydrogens (tertiary/aromatic N) is 2. The van der Waals surface area contributed by atoms with Crippen LogP contribution in [-0.2, 0) is 11.2 Å². The Labute approximate surface area is 159 Å². The van der Waals surface area contributed by atoms with Gasteiger partial charge in [0.2, 0.25) is 0 Å². The molecule has 5 nitrogen and oxygen atoms in total. The van der Waals surface area contributed by atoms with Crippen LogP contribution >= 0.6 is 11.3 Å². The van der Waals surface area contributed by atoms with Crippen LogP contribution < -0.4 is 5.73 Å². The molecule has 0 saturated carbocycles. The maximum Gasteiger partial charge on any atom is 0.410 e. The van der Waals surface area contributed by atoms with E-state index in [9.17, 15) is 4.79 Å². The standard InChI is InChI=1S/C20H27N3O2S/c1-20(2,3)25-19(24)23-11-7-10-16(21)17(23)12-15-13-26-18(22-15)14-8-5-4-6-9-14/h4-6,8-9,13,16-17H,7,10-12,21H2,1-3H3/t16-,17-/m1/s1. The topological polar surface area (TPSA) is 68.5 Å². The third-order valence-electron chi connectivity index (χ3n) is 4.45. The quantitative estimate of drug-likeness (QED) is 0.880. The number of hydrogen-bond acceptors (Lipinski definition) is 5. The van der Waals surface area contributed by atoms with Gasteiger partial charge in [-0.2, -0.15) is 0 Å². The van der Waals surface area contributed by atoms with E-state index in [-0.39, 0.29) is 18.2 Å². The number of piperidine rings is 1. The highest BCUT2D eigenvalue weighted by Gasteiger charge is 2.35. The average Bonchev–Trinajstić information content (AvgIpc) is 3.04. The second kappa shape index (κ2) is 7.76. The Hall–Kier alpha value is -1.92. The lowest BCUT2D eigenvalue weighted by atomic mass is 9.94. The van der Waals surface area contributed by atoms with Crippen molar-refractivity contribution in [1.82, 2.24) is 9.88 Å². The van der Waals surface area contributed by atoms with Crippen molar-refractivity contribution in [1.29, 1.82) is 0 Å². The molecular weight excluding hydrogens is 346 g/mol. The fourth-order valence-electron chi connectivity index (χ4n) is 3.22. The molecule has 2 N–H and O–H groups in total. The van der Waals surface area contributed by atoms with Crippen molar-refractivity contribution in [2.24, 2.45) is 5.73 Å². The van der Waals surface area contributed by atoms with Gasteiger partial charge in [-0.05, 0) is 33.6 Å². The second-order valence-corrected chi connectivity index (χ2v) is 8.62. The number of rotatable bonds is 3. The molecule has 1 aromatic heterocycles. The van der Waals surface area contributed by atoms with Gasteiger partial charge in [0, 0.05) is 30.0 Å². The minimum Gasteiger partial charge on any atom is -0.444 e. The molecule has 1 saturated heterocycles. The maximum absolute atomic E-state index is 12.6. The molecule has 2 atom stereocenters. The molecule has 1 amide bonds. The van der Waals surface area contributed by atoms with Gasteiger partial charge >= 0.3 is 6.09 Å². The lowest BCUT2D eigenvalue weighted by Crippen LogP contribution is -2.56. The van der Waals surface area contributed by atoms with Gasteiger partial charge in [0.1, 0.15) is 10.6 Å². The Morgan fingerprint density at radius 1 is 1.35 bits per heavy atom. The van der Waals surface area contributed by atoms with Crippen LogP contribution in [0.15, 0.2) is 35.7 Å². The average molecular weight is 374 g/mol. The van der Waals surface area contributed by atoms with E-state index in [4.69, 9.17) is 15.5 Å². The maximum atomic E-state index is 12.6. The molecule has 0 spiro atoms. The first-order valence-electron chi connectivity index (χ1n) is 9.08. The molecular formula is C20H27N3O2S. The lowest BCUT2D eigenvalue weighted by molar-refractivity contribution is 0.00686. The summed E-state index contributed by atoms with van der Waals surface area (Å²) in [6, 6.07) is 10.00. The Bertz CT molecular complexity index is 739. The summed E-state index contributed by atoms with van der Waals surface area (Å²) in [5.41, 5.74) is 7.94. The molecule has 26 heavy (non-hydrogen) atoms. The number of ether oxygens (including phenoxy) is 1. The Morgan fingerprint density at radius 3 is 2.77 bits per heavy atom. The summed E-state index contributed by atoms with van der Waals surface area (Å²) in [4.78, 5) is 19.2. The molecule has 3 rings (SSSR count). The van der Waals surface area contributed by atoms with Gasteiger partial charge < -0.3 is 15.4 Å². The number of benzene rings is 1. The van der Waals surface area contributed by atoms with Gasteiger partial charge in [-0.3, -0.25) is 0 Å². The molecule has 0 aliphatic carbocycles. The van der Waals surface area contributed by atoms with Crippen molar-refractivity contribution in [2.45, 2.75) is 57.7 Å². The molecule has 1 aliphatic rings. The monoisotopic (exact) mass is 373 g/mol. The first kappa shape index (κ1) is 18.9. The lowest BCUT2D eigenvalue weighted by Gasteiger charge is -2.40. The zero-order valence-corrected chi connectivity index (χ0v) is 16.5. The van der Waals surface area contributed by atoms with Crippen LogP contribution in [0.5, 0.6) is 0 Å². The fourth-order valence-corrected chi connectivity index (χ4v) is 4.06. The number of thiazole rings is 1. The zero-order chi connectivity index (χ0) is 18.7. The second-order valence-electron chi connectivity index (χ2n) is 7.76. The van der Waals surface area contributed by atoms with E-state index in [0.717, 1.165) is 29.1 Å². The summed E-state index contributed by atoms with van der Waals surface area (Å²) in [5, 5.41) is 3.06. The minimum atomic E-state index is -0.510. The summed E-state index contributed by atoms with van der Waals surface area (Å²) in [7, 11) is 0. The number of likely N-dealkylation sites (tertiary alicyclic amines) is 1. The number of hydrogen-bond donors (Lipinski definition) is 1. The predicted molar refractivity (Wildman–Crippen MR) is 105 cm³/mol. The van der Waals surface area contributed by atoms with Crippen LogP contribution in [0.25, 0.3) is 10.6 Å². The molecule has 0 radical (unpaired) electrons. The zero-order valence-electron chi connectivity index (χ0n) is 15.6. The first-order valence-corrected chi connectivity index (χ1v) is 9.96. The number of nitrogens with two attached hydrogens (primary N) is 1. The number of carbonyl (C=O) groups is 1. The van der Waals surface area contributed by atoms with Crippen molar-refractivity contribution in [3.63, 3.8) is 0 Å². The van der Waals surface area contributed by atoms with Crippen LogP contribution in [0.4, 0.5) is 4.79 Å². The molecule has 2 aromatic rings. The van der Waals surface area contributed by atoms with Gasteiger partial charge in [0.15, 0.2) is 0 Å². The summed E-state index contributed by atoms with van der Waals surface area (Å²) >= 11 is 1.63. The number of aromatic nitrogens is 1. The largest absolute Gasteiger partial charge is 0.444 e. The smallest absolute Gasteiger partial charge is 0.410 e. The molecule has 140 valence electrons. The highest BCUT2D eigenvalue weighted by atomic mass is 32.1. The molecule has 0 bridgehead atoms. The van der Waals surface area contributed by atoms with Crippen molar-refractivity contribution < 1.29 is 9.53 Å². The molecule has 1 aromatic carbocycles. The van der Waals surface area contributed by atoms with Gasteiger partial charge in [-0.25, -0.2) is 9.78 Å². The molecule has 1 fully saturated rings. The molecule has 6 heteroatoms. The van der Waals surface area contributed by atoms with Crippen LogP contribution in [-0.4, -0.2) is 40.2 Å². The molecule has 0 unspecified atom stereocenters. The van der Waals surface area contributed by atoms with Crippen molar-refractivity contribution in [3.05, 3.63) is 41.4 Å². The van der Waals surface area contributed by atoms with Crippen LogP contribution in [0.2, 0.25) is 0 Å². The van der Waals surface area contributed by atoms with Crippen LogP contribution in [0.1, 0.15) is 39.3 Å². The predicted octanol–water partition coefficient (Wildman–Crippen LogP) is 4.08. The van der Waals surface area contributed by atoms with Crippen LogP contribution in [0.3, 0.4) is 0 Å². The van der Waals surface area contributed by atoms with E-state index in [0.29, 0.717) is 13.0 Å². The van der Waals surface area contributed by atoms with E-state index < -0.39 is 5.60 Å². The van der Waals surface area contributed by atoms with Crippen molar-refractivity contribution in [3.8, 4) is 10.6 Å². The number of amides is 1. The van der Waals surface area contributed by atoms with Crippen molar-refractivity contribution >= 4 is 17.4 Å². The number of carbonyl (C=O) groups excluding carboxylic acids is 1. The normalized spacial score (nSPS) is 20.8. The summed E-state index contributed by atoms with van der Waals surface area (Å²) in [6.45, 7) is 6.34. The van der Waals surface area contributed by atoms with Crippen LogP contribution in [0, 0.1) is 0 Å². The Kier molecular flexibility index (Phi) is 5.63. The SMILES string of the molecule is CC(C)(C)OC(=O)N1CCC[C@@H](N)[C@H]1Cc1csc(-c2ccccc2)n1. The van der Waals surface area contributed by atoms with E-state index in [2.05, 4.69) is 17.5 Å². The Balaban J connectivity index is 1.75. The first-order chi connectivity index (χ1) is 12.3. The van der Waals surface area contributed by atoms with Gasteiger partial charge in [-0.15, -0.1) is 11.3 Å². The van der Waals surface area contributed by atoms with Gasteiger partial charge in [0.05, 0.1) is 11.7 Å². The van der Waals surface area contributed by atoms with E-state index in [1.807, 2.05) is 39.0 Å². The van der Waals surface area contributed by atoms with E-state index >= 15 is 0 Å². The molecule has 2 heterocycles. The fraction of sp³-hybridized carbons (Fsp3) is 0.500. The Morgan fingerprint density at radius 2 is 2.08 bits per heavy atom.